The van der Waals surface area contributed by atoms with Crippen molar-refractivity contribution in [2.75, 3.05) is 24.8 Å². The Balaban J connectivity index is 1.68. The van der Waals surface area contributed by atoms with Crippen LogP contribution in [0.4, 0.5) is 5.69 Å². The summed E-state index contributed by atoms with van der Waals surface area (Å²) < 4.78 is 10.4. The van der Waals surface area contributed by atoms with Crippen molar-refractivity contribution < 1.29 is 23.9 Å². The number of amides is 1. The van der Waals surface area contributed by atoms with E-state index in [1.165, 1.54) is 17.8 Å². The molecular weight excluding hydrogens is 342 g/mol. The van der Waals surface area contributed by atoms with Gasteiger partial charge in [0, 0.05) is 10.5 Å². The van der Waals surface area contributed by atoms with Crippen molar-refractivity contribution in [1.29, 1.82) is 0 Å². The number of hydrogen-bond acceptors (Lipinski definition) is 6. The van der Waals surface area contributed by atoms with Gasteiger partial charge in [-0.05, 0) is 36.6 Å². The van der Waals surface area contributed by atoms with Gasteiger partial charge >= 0.3 is 5.97 Å². The Bertz CT molecular complexity index is 849. The second-order valence-electron chi connectivity index (χ2n) is 5.25. The molecule has 1 N–H and O–H groups in total. The zero-order chi connectivity index (χ0) is 17.8. The molecule has 0 unspecified atom stereocenters. The highest BCUT2D eigenvalue weighted by molar-refractivity contribution is 7.98. The van der Waals surface area contributed by atoms with Gasteiger partial charge in [0.2, 0.25) is 0 Å². The number of thioether (sulfide) groups is 1. The van der Waals surface area contributed by atoms with Gasteiger partial charge in [0.1, 0.15) is 5.75 Å². The number of hydrogen-bond donors (Lipinski definition) is 1. The van der Waals surface area contributed by atoms with Crippen LogP contribution in [0.15, 0.2) is 47.4 Å². The molecule has 6 nitrogen and oxygen atoms in total. The van der Waals surface area contributed by atoms with Gasteiger partial charge in [0.15, 0.2) is 19.0 Å². The molecule has 0 atom stereocenters. The van der Waals surface area contributed by atoms with E-state index in [4.69, 9.17) is 9.47 Å². The van der Waals surface area contributed by atoms with Crippen molar-refractivity contribution in [3.8, 4) is 5.75 Å². The van der Waals surface area contributed by atoms with Crippen LogP contribution in [0.3, 0.4) is 0 Å². The first-order valence-electron chi connectivity index (χ1n) is 7.48. The minimum absolute atomic E-state index is 0.0489. The minimum atomic E-state index is -0.548. The molecule has 1 heterocycles. The Hall–Kier alpha value is -2.80. The predicted molar refractivity (Wildman–Crippen MR) is 93.4 cm³/mol. The van der Waals surface area contributed by atoms with Crippen LogP contribution in [0.5, 0.6) is 5.75 Å². The molecule has 0 saturated heterocycles. The molecule has 25 heavy (non-hydrogen) atoms. The molecule has 7 heteroatoms. The molecule has 1 amide bonds. The number of esters is 1. The third kappa shape index (κ3) is 3.83. The topological polar surface area (TPSA) is 81.7 Å². The smallest absolute Gasteiger partial charge is 0.339 e. The number of Topliss-reactive ketones (excluding diaryl/α,β-unsaturated/α-hetero) is 1. The second kappa shape index (κ2) is 7.40. The first-order chi connectivity index (χ1) is 12.1. The van der Waals surface area contributed by atoms with E-state index in [0.717, 1.165) is 4.90 Å². The van der Waals surface area contributed by atoms with Crippen molar-refractivity contribution in [1.82, 2.24) is 0 Å². The van der Waals surface area contributed by atoms with E-state index >= 15 is 0 Å². The van der Waals surface area contributed by atoms with Crippen LogP contribution in [0.1, 0.15) is 20.7 Å². The van der Waals surface area contributed by atoms with Crippen molar-refractivity contribution in [3.63, 3.8) is 0 Å². The highest BCUT2D eigenvalue weighted by Crippen LogP contribution is 2.28. The van der Waals surface area contributed by atoms with E-state index in [9.17, 15) is 14.4 Å². The van der Waals surface area contributed by atoms with Crippen molar-refractivity contribution in [2.45, 2.75) is 4.90 Å². The Morgan fingerprint density at radius 3 is 2.84 bits per heavy atom. The molecule has 0 aromatic heterocycles. The van der Waals surface area contributed by atoms with Crippen LogP contribution in [0, 0.1) is 0 Å². The fraction of sp³-hybridized carbons (Fsp3) is 0.167. The van der Waals surface area contributed by atoms with E-state index in [1.54, 1.807) is 24.3 Å². The Kier molecular flexibility index (Phi) is 5.04. The molecule has 0 aliphatic carbocycles. The lowest BCUT2D eigenvalue weighted by Crippen LogP contribution is -2.25. The van der Waals surface area contributed by atoms with Crippen LogP contribution < -0.4 is 10.1 Å². The summed E-state index contributed by atoms with van der Waals surface area (Å²) in [5.41, 5.74) is 1.19. The maximum Gasteiger partial charge on any atom is 0.339 e. The second-order valence-corrected chi connectivity index (χ2v) is 6.10. The summed E-state index contributed by atoms with van der Waals surface area (Å²) in [5, 5.41) is 2.63. The Morgan fingerprint density at radius 2 is 2.04 bits per heavy atom. The van der Waals surface area contributed by atoms with Gasteiger partial charge in [-0.15, -0.1) is 11.8 Å². The average molecular weight is 357 g/mol. The molecule has 0 radical (unpaired) electrons. The molecule has 2 aromatic carbocycles. The van der Waals surface area contributed by atoms with Gasteiger partial charge in [-0.1, -0.05) is 12.1 Å². The van der Waals surface area contributed by atoms with Crippen LogP contribution >= 0.6 is 11.8 Å². The lowest BCUT2D eigenvalue weighted by atomic mass is 10.1. The monoisotopic (exact) mass is 357 g/mol. The van der Waals surface area contributed by atoms with E-state index < -0.39 is 5.97 Å². The van der Waals surface area contributed by atoms with Gasteiger partial charge in [-0.25, -0.2) is 4.79 Å². The van der Waals surface area contributed by atoms with E-state index in [1.807, 2.05) is 18.4 Å². The number of ether oxygens (including phenoxy) is 2. The van der Waals surface area contributed by atoms with Gasteiger partial charge in [-0.3, -0.25) is 9.59 Å². The molecule has 0 bridgehead atoms. The molecule has 3 rings (SSSR count). The van der Waals surface area contributed by atoms with Crippen molar-refractivity contribution in [2.24, 2.45) is 0 Å². The first kappa shape index (κ1) is 17.0. The summed E-state index contributed by atoms with van der Waals surface area (Å²) >= 11 is 1.43. The summed E-state index contributed by atoms with van der Waals surface area (Å²) in [5.74, 6) is -0.690. The molecular formula is C18H15NO5S. The molecule has 0 saturated carbocycles. The highest BCUT2D eigenvalue weighted by Gasteiger charge is 2.19. The average Bonchev–Trinajstić information content (AvgIpc) is 2.65. The largest absolute Gasteiger partial charge is 0.482 e. The number of carbonyl (C=O) groups is 3. The zero-order valence-electron chi connectivity index (χ0n) is 13.4. The molecule has 1 aliphatic rings. The van der Waals surface area contributed by atoms with Gasteiger partial charge in [-0.2, -0.15) is 0 Å². The SMILES string of the molecule is CSc1ccccc1C(=O)OCC(=O)c1ccc2c(c1)NC(=O)CO2. The number of ketones is 1. The van der Waals surface area contributed by atoms with Crippen LogP contribution in [-0.2, 0) is 9.53 Å². The number of fused-ring (bicyclic) bond motifs is 1. The lowest BCUT2D eigenvalue weighted by molar-refractivity contribution is -0.118. The molecule has 1 aliphatic heterocycles. The van der Waals surface area contributed by atoms with Crippen LogP contribution in [-0.4, -0.2) is 37.1 Å². The minimum Gasteiger partial charge on any atom is -0.482 e. The van der Waals surface area contributed by atoms with Gasteiger partial charge in [0.05, 0.1) is 11.3 Å². The van der Waals surface area contributed by atoms with Crippen molar-refractivity contribution >= 4 is 35.1 Å². The zero-order valence-corrected chi connectivity index (χ0v) is 14.2. The maximum atomic E-state index is 12.3. The lowest BCUT2D eigenvalue weighted by Gasteiger charge is -2.18. The summed E-state index contributed by atoms with van der Waals surface area (Å²) in [4.78, 5) is 36.6. The van der Waals surface area contributed by atoms with E-state index in [2.05, 4.69) is 5.32 Å². The van der Waals surface area contributed by atoms with Crippen LogP contribution in [0.2, 0.25) is 0 Å². The predicted octanol–water partition coefficient (Wildman–Crippen LogP) is 2.78. The highest BCUT2D eigenvalue weighted by atomic mass is 32.2. The number of anilines is 1. The fourth-order valence-corrected chi connectivity index (χ4v) is 2.95. The maximum absolute atomic E-state index is 12.3. The van der Waals surface area contributed by atoms with E-state index in [-0.39, 0.29) is 24.9 Å². The summed E-state index contributed by atoms with van der Waals surface area (Å²) in [7, 11) is 0. The van der Waals surface area contributed by atoms with Crippen LogP contribution in [0.25, 0.3) is 0 Å². The molecule has 0 fully saturated rings. The Labute approximate surface area is 148 Å². The number of nitrogens with one attached hydrogen (secondary N) is 1. The fourth-order valence-electron chi connectivity index (χ4n) is 2.36. The Morgan fingerprint density at radius 1 is 1.24 bits per heavy atom. The molecule has 0 spiro atoms. The van der Waals surface area contributed by atoms with Crippen molar-refractivity contribution in [3.05, 3.63) is 53.6 Å². The quantitative estimate of drug-likeness (QED) is 0.503. The number of carbonyl (C=O) groups excluding carboxylic acids is 3. The third-order valence-electron chi connectivity index (χ3n) is 3.60. The first-order valence-corrected chi connectivity index (χ1v) is 8.71. The van der Waals surface area contributed by atoms with Gasteiger partial charge in [0.25, 0.3) is 5.91 Å². The summed E-state index contributed by atoms with van der Waals surface area (Å²) in [6.45, 7) is -0.429. The number of benzene rings is 2. The summed E-state index contributed by atoms with van der Waals surface area (Å²) in [6, 6.07) is 11.7. The molecule has 128 valence electrons. The third-order valence-corrected chi connectivity index (χ3v) is 4.39. The van der Waals surface area contributed by atoms with E-state index in [0.29, 0.717) is 22.6 Å². The summed E-state index contributed by atoms with van der Waals surface area (Å²) in [6.07, 6.45) is 1.86. The standard InChI is InChI=1S/C18H15NO5S/c1-25-16-5-3-2-4-12(16)18(22)24-9-14(20)11-6-7-15-13(8-11)19-17(21)10-23-15/h2-8H,9-10H2,1H3,(H,19,21). The van der Waals surface area contributed by atoms with Gasteiger partial charge < -0.3 is 14.8 Å². The number of rotatable bonds is 5. The normalized spacial score (nSPS) is 12.6. The molecule has 2 aromatic rings.